The minimum atomic E-state index is -4.00. The topological polar surface area (TPSA) is 12.0 Å². The van der Waals surface area contributed by atoms with Crippen LogP contribution in [0.5, 0.6) is 0 Å². The summed E-state index contributed by atoms with van der Waals surface area (Å²) in [6.07, 6.45) is -1.23. The molecule has 1 aliphatic rings. The third-order valence-electron chi connectivity index (χ3n) is 2.33. The predicted molar refractivity (Wildman–Crippen MR) is 52.2 cm³/mol. The lowest BCUT2D eigenvalue weighted by molar-refractivity contribution is -0.110. The molecule has 1 nitrogen and oxygen atoms in total. The number of hydrogen-bond acceptors (Lipinski definition) is 1. The third kappa shape index (κ3) is 9.84. The molecule has 0 unspecified atom stereocenters. The van der Waals surface area contributed by atoms with Gasteiger partial charge in [0.1, 0.15) is 0 Å². The Labute approximate surface area is 84.1 Å². The summed E-state index contributed by atoms with van der Waals surface area (Å²) in [6, 6.07) is 0. The maximum absolute atomic E-state index is 10.4. The van der Waals surface area contributed by atoms with Gasteiger partial charge in [0.15, 0.2) is 0 Å². The van der Waals surface area contributed by atoms with Gasteiger partial charge < -0.3 is 5.32 Å². The second kappa shape index (κ2) is 6.27. The maximum atomic E-state index is 10.4. The molecule has 0 aromatic rings. The summed E-state index contributed by atoms with van der Waals surface area (Å²) in [5.41, 5.74) is 0. The van der Waals surface area contributed by atoms with Crippen LogP contribution in [0.3, 0.4) is 0 Å². The highest BCUT2D eigenvalue weighted by Crippen LogP contribution is 2.20. The number of hydrogen-bond donors (Lipinski definition) is 1. The van der Waals surface area contributed by atoms with Gasteiger partial charge in [-0.3, -0.25) is 0 Å². The first-order valence-corrected chi connectivity index (χ1v) is 5.08. The number of nitrogens with one attached hydrogen (secondary N) is 1. The molecule has 1 heterocycles. The summed E-state index contributed by atoms with van der Waals surface area (Å²) in [4.78, 5) is 0. The van der Waals surface area contributed by atoms with Crippen LogP contribution < -0.4 is 5.32 Å². The first-order chi connectivity index (χ1) is 6.30. The van der Waals surface area contributed by atoms with E-state index in [1.807, 2.05) is 0 Å². The van der Waals surface area contributed by atoms with Gasteiger partial charge >= 0.3 is 6.18 Å². The van der Waals surface area contributed by atoms with Crippen LogP contribution in [0.2, 0.25) is 0 Å². The molecule has 1 rings (SSSR count). The quantitative estimate of drug-likeness (QED) is 0.702. The molecule has 0 bridgehead atoms. The van der Waals surface area contributed by atoms with E-state index in [0.717, 1.165) is 11.8 Å². The molecule has 0 spiro atoms. The first-order valence-electron chi connectivity index (χ1n) is 5.08. The van der Waals surface area contributed by atoms with Gasteiger partial charge in [0.25, 0.3) is 0 Å². The van der Waals surface area contributed by atoms with Crippen LogP contribution in [0.4, 0.5) is 13.2 Å². The Bertz CT molecular complexity index is 131. The van der Waals surface area contributed by atoms with E-state index < -0.39 is 6.18 Å². The summed E-state index contributed by atoms with van der Waals surface area (Å²) in [5, 5.41) is 3.37. The molecule has 1 N–H and O–H groups in total. The third-order valence-corrected chi connectivity index (χ3v) is 2.33. The van der Waals surface area contributed by atoms with E-state index in [-0.39, 0.29) is 6.92 Å². The summed E-state index contributed by atoms with van der Waals surface area (Å²) < 4.78 is 31.1. The summed E-state index contributed by atoms with van der Waals surface area (Å²) >= 11 is 0. The normalized spacial score (nSPS) is 19.1. The summed E-state index contributed by atoms with van der Waals surface area (Å²) in [5.74, 6) is 1.89. The van der Waals surface area contributed by atoms with E-state index in [1.54, 1.807) is 0 Å². The molecule has 0 aromatic heterocycles. The van der Waals surface area contributed by atoms with Crippen LogP contribution in [0.15, 0.2) is 0 Å². The number of halogens is 3. The minimum absolute atomic E-state index is 0.188. The van der Waals surface area contributed by atoms with Crippen LogP contribution in [0.1, 0.15) is 33.6 Å². The average molecular weight is 211 g/mol. The fraction of sp³-hybridized carbons (Fsp3) is 1.00. The molecule has 1 aliphatic heterocycles. The Balaban J connectivity index is 0.000000292. The lowest BCUT2D eigenvalue weighted by atomic mass is 9.87. The SMILES string of the molecule is CC(C)C1CCNCC1.CC(F)(F)F. The van der Waals surface area contributed by atoms with Crippen molar-refractivity contribution in [3.63, 3.8) is 0 Å². The van der Waals surface area contributed by atoms with Crippen molar-refractivity contribution >= 4 is 0 Å². The van der Waals surface area contributed by atoms with E-state index in [2.05, 4.69) is 19.2 Å². The van der Waals surface area contributed by atoms with Gasteiger partial charge in [-0.05, 0) is 37.8 Å². The predicted octanol–water partition coefficient (Wildman–Crippen LogP) is 3.21. The van der Waals surface area contributed by atoms with Crippen molar-refractivity contribution in [3.05, 3.63) is 0 Å². The molecule has 1 fully saturated rings. The zero-order valence-corrected chi connectivity index (χ0v) is 9.12. The van der Waals surface area contributed by atoms with Gasteiger partial charge in [-0.15, -0.1) is 0 Å². The Morgan fingerprint density at radius 1 is 1.14 bits per heavy atom. The van der Waals surface area contributed by atoms with Crippen molar-refractivity contribution in [1.82, 2.24) is 5.32 Å². The van der Waals surface area contributed by atoms with E-state index in [4.69, 9.17) is 0 Å². The van der Waals surface area contributed by atoms with Crippen molar-refractivity contribution < 1.29 is 13.2 Å². The standard InChI is InChI=1S/C8H17N.C2H3F3/c1-7(2)8-3-5-9-6-4-8;1-2(3,4)5/h7-9H,3-6H2,1-2H3;1H3. The summed E-state index contributed by atoms with van der Waals surface area (Å²) in [6.45, 7) is 7.32. The van der Waals surface area contributed by atoms with Gasteiger partial charge in [0.2, 0.25) is 0 Å². The van der Waals surface area contributed by atoms with Crippen molar-refractivity contribution in [3.8, 4) is 0 Å². The fourth-order valence-corrected chi connectivity index (χ4v) is 1.51. The molecule has 0 aliphatic carbocycles. The molecule has 0 radical (unpaired) electrons. The molecule has 0 amide bonds. The molecule has 0 aromatic carbocycles. The lowest BCUT2D eigenvalue weighted by Crippen LogP contribution is -2.29. The van der Waals surface area contributed by atoms with E-state index >= 15 is 0 Å². The molecular formula is C10H20F3N. The lowest BCUT2D eigenvalue weighted by Gasteiger charge is -2.25. The van der Waals surface area contributed by atoms with Crippen LogP contribution >= 0.6 is 0 Å². The molecule has 0 saturated carbocycles. The Kier molecular flexibility index (Phi) is 6.16. The zero-order valence-electron chi connectivity index (χ0n) is 9.12. The van der Waals surface area contributed by atoms with Crippen molar-refractivity contribution in [2.75, 3.05) is 13.1 Å². The maximum Gasteiger partial charge on any atom is 0.386 e. The van der Waals surface area contributed by atoms with Gasteiger partial charge in [-0.1, -0.05) is 13.8 Å². The Morgan fingerprint density at radius 3 is 1.71 bits per heavy atom. The van der Waals surface area contributed by atoms with Crippen LogP contribution in [-0.2, 0) is 0 Å². The molecule has 0 atom stereocenters. The van der Waals surface area contributed by atoms with E-state index in [0.29, 0.717) is 0 Å². The van der Waals surface area contributed by atoms with Gasteiger partial charge in [0.05, 0.1) is 0 Å². The van der Waals surface area contributed by atoms with Gasteiger partial charge in [-0.2, -0.15) is 13.2 Å². The van der Waals surface area contributed by atoms with Gasteiger partial charge in [-0.25, -0.2) is 0 Å². The Hall–Kier alpha value is -0.250. The number of alkyl halides is 3. The van der Waals surface area contributed by atoms with Crippen LogP contribution in [0.25, 0.3) is 0 Å². The van der Waals surface area contributed by atoms with Crippen molar-refractivity contribution in [2.45, 2.75) is 39.8 Å². The van der Waals surface area contributed by atoms with Crippen LogP contribution in [0, 0.1) is 11.8 Å². The molecular weight excluding hydrogens is 191 g/mol. The Morgan fingerprint density at radius 2 is 1.50 bits per heavy atom. The zero-order chi connectivity index (χ0) is 11.2. The second-order valence-corrected chi connectivity index (χ2v) is 4.11. The molecule has 86 valence electrons. The highest BCUT2D eigenvalue weighted by atomic mass is 19.4. The van der Waals surface area contributed by atoms with Crippen molar-refractivity contribution in [2.24, 2.45) is 11.8 Å². The average Bonchev–Trinajstić information content (AvgIpc) is 2.03. The molecule has 1 saturated heterocycles. The minimum Gasteiger partial charge on any atom is -0.317 e. The van der Waals surface area contributed by atoms with Crippen molar-refractivity contribution in [1.29, 1.82) is 0 Å². The largest absolute Gasteiger partial charge is 0.386 e. The smallest absolute Gasteiger partial charge is 0.317 e. The van der Waals surface area contributed by atoms with Gasteiger partial charge in [0, 0.05) is 6.92 Å². The van der Waals surface area contributed by atoms with Crippen LogP contribution in [-0.4, -0.2) is 19.3 Å². The second-order valence-electron chi connectivity index (χ2n) is 4.11. The van der Waals surface area contributed by atoms with E-state index in [1.165, 1.54) is 25.9 Å². The first kappa shape index (κ1) is 13.8. The molecule has 4 heteroatoms. The number of piperidine rings is 1. The highest BCUT2D eigenvalue weighted by Gasteiger charge is 2.16. The van der Waals surface area contributed by atoms with E-state index in [9.17, 15) is 13.2 Å². The molecule has 14 heavy (non-hydrogen) atoms. The monoisotopic (exact) mass is 211 g/mol. The number of rotatable bonds is 1. The highest BCUT2D eigenvalue weighted by molar-refractivity contribution is 4.70. The fourth-order valence-electron chi connectivity index (χ4n) is 1.51. The summed E-state index contributed by atoms with van der Waals surface area (Å²) in [7, 11) is 0.